The summed E-state index contributed by atoms with van der Waals surface area (Å²) in [4.78, 5) is 20.3. The summed E-state index contributed by atoms with van der Waals surface area (Å²) >= 11 is 0. The lowest BCUT2D eigenvalue weighted by molar-refractivity contribution is 0.0950. The molecule has 0 atom stereocenters. The minimum Gasteiger partial charge on any atom is -0.346 e. The van der Waals surface area contributed by atoms with Crippen molar-refractivity contribution in [3.8, 4) is 0 Å². The molecular weight excluding hydrogens is 252 g/mol. The maximum Gasteiger partial charge on any atom is 0.251 e. The van der Waals surface area contributed by atoms with Gasteiger partial charge in [0.05, 0.1) is 12.2 Å². The first-order chi connectivity index (χ1) is 9.74. The largest absolute Gasteiger partial charge is 0.346 e. The Labute approximate surface area is 116 Å². The van der Waals surface area contributed by atoms with Crippen molar-refractivity contribution < 1.29 is 4.79 Å². The molecule has 0 aromatic carbocycles. The number of rotatable bonds is 3. The van der Waals surface area contributed by atoms with Crippen LogP contribution in [-0.2, 0) is 6.54 Å². The fourth-order valence-electron chi connectivity index (χ4n) is 2.07. The number of imidazole rings is 1. The zero-order valence-electron chi connectivity index (χ0n) is 11.1. The molecule has 100 valence electrons. The van der Waals surface area contributed by atoms with Crippen molar-refractivity contribution in [1.29, 1.82) is 0 Å². The van der Waals surface area contributed by atoms with Gasteiger partial charge < -0.3 is 9.72 Å². The molecule has 0 fully saturated rings. The van der Waals surface area contributed by atoms with Crippen LogP contribution >= 0.6 is 0 Å². The van der Waals surface area contributed by atoms with Gasteiger partial charge in [-0.1, -0.05) is 6.07 Å². The second-order valence-electron chi connectivity index (χ2n) is 4.57. The Morgan fingerprint density at radius 2 is 2.10 bits per heavy atom. The second-order valence-corrected chi connectivity index (χ2v) is 4.57. The third-order valence-corrected chi connectivity index (χ3v) is 3.10. The Bertz CT molecular complexity index is 749. The number of pyridine rings is 2. The molecule has 0 bridgehead atoms. The summed E-state index contributed by atoms with van der Waals surface area (Å²) in [7, 11) is 0. The molecule has 0 unspecified atom stereocenters. The monoisotopic (exact) mass is 266 g/mol. The highest BCUT2D eigenvalue weighted by Crippen LogP contribution is 2.09. The van der Waals surface area contributed by atoms with Gasteiger partial charge in [-0.3, -0.25) is 9.78 Å². The molecular formula is C15H14N4O. The standard InChI is InChI=1S/C15H14N4O/c1-11-3-2-8-19-10-13(18-14(11)19)9-17-15(20)12-4-6-16-7-5-12/h2-8,10H,9H2,1H3,(H,17,20). The zero-order valence-corrected chi connectivity index (χ0v) is 11.1. The molecule has 5 heteroatoms. The molecule has 0 aliphatic rings. The molecule has 20 heavy (non-hydrogen) atoms. The first kappa shape index (κ1) is 12.3. The van der Waals surface area contributed by atoms with Crippen LogP contribution in [-0.4, -0.2) is 20.3 Å². The fraction of sp³-hybridized carbons (Fsp3) is 0.133. The van der Waals surface area contributed by atoms with E-state index in [1.807, 2.05) is 35.9 Å². The number of carbonyl (C=O) groups excluding carboxylic acids is 1. The molecule has 1 amide bonds. The Balaban J connectivity index is 1.74. The minimum atomic E-state index is -0.124. The lowest BCUT2D eigenvalue weighted by atomic mass is 10.2. The van der Waals surface area contributed by atoms with Crippen LogP contribution in [0.1, 0.15) is 21.6 Å². The molecule has 0 radical (unpaired) electrons. The fourth-order valence-corrected chi connectivity index (χ4v) is 2.07. The van der Waals surface area contributed by atoms with Crippen molar-refractivity contribution in [3.63, 3.8) is 0 Å². The van der Waals surface area contributed by atoms with Gasteiger partial charge in [0, 0.05) is 30.4 Å². The summed E-state index contributed by atoms with van der Waals surface area (Å²) < 4.78 is 1.96. The third kappa shape index (κ3) is 2.38. The van der Waals surface area contributed by atoms with Crippen molar-refractivity contribution in [2.45, 2.75) is 13.5 Å². The molecule has 3 aromatic heterocycles. The van der Waals surface area contributed by atoms with Gasteiger partial charge in [-0.2, -0.15) is 0 Å². The predicted molar refractivity (Wildman–Crippen MR) is 75.3 cm³/mol. The number of hydrogen-bond acceptors (Lipinski definition) is 3. The van der Waals surface area contributed by atoms with Crippen molar-refractivity contribution in [3.05, 3.63) is 65.9 Å². The van der Waals surface area contributed by atoms with Crippen LogP contribution in [0.3, 0.4) is 0 Å². The number of nitrogens with zero attached hydrogens (tertiary/aromatic N) is 3. The lowest BCUT2D eigenvalue weighted by Crippen LogP contribution is -2.22. The lowest BCUT2D eigenvalue weighted by Gasteiger charge is -2.02. The number of carbonyl (C=O) groups is 1. The van der Waals surface area contributed by atoms with Gasteiger partial charge in [-0.15, -0.1) is 0 Å². The number of aryl methyl sites for hydroxylation is 1. The van der Waals surface area contributed by atoms with Crippen LogP contribution in [0.15, 0.2) is 49.1 Å². The van der Waals surface area contributed by atoms with Gasteiger partial charge in [0.2, 0.25) is 0 Å². The van der Waals surface area contributed by atoms with Crippen LogP contribution in [0, 0.1) is 6.92 Å². The Kier molecular flexibility index (Phi) is 3.16. The van der Waals surface area contributed by atoms with E-state index in [-0.39, 0.29) is 5.91 Å². The first-order valence-electron chi connectivity index (χ1n) is 6.35. The van der Waals surface area contributed by atoms with E-state index in [4.69, 9.17) is 0 Å². The van der Waals surface area contributed by atoms with Gasteiger partial charge in [-0.25, -0.2) is 4.98 Å². The highest BCUT2D eigenvalue weighted by atomic mass is 16.1. The zero-order chi connectivity index (χ0) is 13.9. The Morgan fingerprint density at radius 1 is 1.30 bits per heavy atom. The van der Waals surface area contributed by atoms with E-state index in [1.165, 1.54) is 0 Å². The van der Waals surface area contributed by atoms with Gasteiger partial charge in [0.25, 0.3) is 5.91 Å². The molecule has 0 aliphatic carbocycles. The van der Waals surface area contributed by atoms with E-state index in [1.54, 1.807) is 24.5 Å². The predicted octanol–water partition coefficient (Wildman–Crippen LogP) is 1.97. The van der Waals surface area contributed by atoms with E-state index >= 15 is 0 Å². The van der Waals surface area contributed by atoms with E-state index in [9.17, 15) is 4.79 Å². The van der Waals surface area contributed by atoms with Crippen LogP contribution in [0.25, 0.3) is 5.65 Å². The van der Waals surface area contributed by atoms with Crippen molar-refractivity contribution >= 4 is 11.6 Å². The van der Waals surface area contributed by atoms with Crippen LogP contribution in [0.5, 0.6) is 0 Å². The van der Waals surface area contributed by atoms with E-state index < -0.39 is 0 Å². The van der Waals surface area contributed by atoms with Gasteiger partial charge >= 0.3 is 0 Å². The molecule has 0 aliphatic heterocycles. The SMILES string of the molecule is Cc1cccn2cc(CNC(=O)c3ccncc3)nc12. The van der Waals surface area contributed by atoms with Crippen LogP contribution in [0.2, 0.25) is 0 Å². The molecule has 3 heterocycles. The number of nitrogens with one attached hydrogen (secondary N) is 1. The molecule has 0 spiro atoms. The molecule has 5 nitrogen and oxygen atoms in total. The summed E-state index contributed by atoms with van der Waals surface area (Å²) in [6.45, 7) is 2.42. The number of amides is 1. The van der Waals surface area contributed by atoms with Crippen molar-refractivity contribution in [2.75, 3.05) is 0 Å². The van der Waals surface area contributed by atoms with Gasteiger partial charge in [0.1, 0.15) is 5.65 Å². The number of hydrogen-bond donors (Lipinski definition) is 1. The maximum atomic E-state index is 11.9. The number of fused-ring (bicyclic) bond motifs is 1. The summed E-state index contributed by atoms with van der Waals surface area (Å²) in [5.41, 5.74) is 3.46. The minimum absolute atomic E-state index is 0.124. The van der Waals surface area contributed by atoms with E-state index in [0.29, 0.717) is 12.1 Å². The first-order valence-corrected chi connectivity index (χ1v) is 6.35. The summed E-state index contributed by atoms with van der Waals surface area (Å²) in [5.74, 6) is -0.124. The maximum absolute atomic E-state index is 11.9. The van der Waals surface area contributed by atoms with Crippen molar-refractivity contribution in [2.24, 2.45) is 0 Å². The average Bonchev–Trinajstić information content (AvgIpc) is 2.90. The topological polar surface area (TPSA) is 59.3 Å². The third-order valence-electron chi connectivity index (χ3n) is 3.10. The van der Waals surface area contributed by atoms with Gasteiger partial charge in [-0.05, 0) is 30.7 Å². The summed E-state index contributed by atoms with van der Waals surface area (Å²) in [6, 6.07) is 7.36. The van der Waals surface area contributed by atoms with Gasteiger partial charge in [0.15, 0.2) is 0 Å². The normalized spacial score (nSPS) is 10.7. The smallest absolute Gasteiger partial charge is 0.251 e. The average molecular weight is 266 g/mol. The Hall–Kier alpha value is -2.69. The molecule has 0 saturated carbocycles. The molecule has 3 aromatic rings. The van der Waals surface area contributed by atoms with Crippen LogP contribution in [0.4, 0.5) is 0 Å². The quantitative estimate of drug-likeness (QED) is 0.788. The van der Waals surface area contributed by atoms with Crippen LogP contribution < -0.4 is 5.32 Å². The molecule has 0 saturated heterocycles. The summed E-state index contributed by atoms with van der Waals surface area (Å²) in [5, 5.41) is 2.85. The number of aromatic nitrogens is 3. The highest BCUT2D eigenvalue weighted by Gasteiger charge is 2.07. The molecule has 3 rings (SSSR count). The van der Waals surface area contributed by atoms with Crippen molar-refractivity contribution in [1.82, 2.24) is 19.7 Å². The second kappa shape index (κ2) is 5.13. The molecule has 1 N–H and O–H groups in total. The van der Waals surface area contributed by atoms with E-state index in [2.05, 4.69) is 15.3 Å². The highest BCUT2D eigenvalue weighted by molar-refractivity contribution is 5.93. The van der Waals surface area contributed by atoms with E-state index in [0.717, 1.165) is 16.9 Å². The Morgan fingerprint density at radius 3 is 2.85 bits per heavy atom. The summed E-state index contributed by atoms with van der Waals surface area (Å²) in [6.07, 6.45) is 7.07.